The maximum Gasteiger partial charge on any atom is 0.330 e. The van der Waals surface area contributed by atoms with Gasteiger partial charge in [0.25, 0.3) is 5.56 Å². The van der Waals surface area contributed by atoms with Crippen molar-refractivity contribution in [2.75, 3.05) is 6.54 Å². The van der Waals surface area contributed by atoms with Crippen molar-refractivity contribution in [1.82, 2.24) is 18.8 Å². The van der Waals surface area contributed by atoms with E-state index in [0.29, 0.717) is 13.0 Å². The van der Waals surface area contributed by atoms with Crippen LogP contribution >= 0.6 is 0 Å². The van der Waals surface area contributed by atoms with Crippen LogP contribution in [-0.2, 0) is 42.0 Å². The van der Waals surface area contributed by atoms with Gasteiger partial charge in [-0.15, -0.1) is 0 Å². The summed E-state index contributed by atoms with van der Waals surface area (Å²) in [5.74, 6) is 0.176. The normalized spacial score (nSPS) is 14.1. The van der Waals surface area contributed by atoms with Crippen molar-refractivity contribution in [2.24, 2.45) is 14.1 Å². The van der Waals surface area contributed by atoms with Crippen LogP contribution in [0.25, 0.3) is 11.1 Å². The van der Waals surface area contributed by atoms with E-state index in [4.69, 9.17) is 0 Å². The fourth-order valence-corrected chi connectivity index (χ4v) is 5.21. The molecule has 2 aromatic carbocycles. The smallest absolute Gasteiger partial charge is 0.330 e. The zero-order valence-electron chi connectivity index (χ0n) is 19.0. The van der Waals surface area contributed by atoms with Crippen molar-refractivity contribution in [3.05, 3.63) is 86.7 Å². The first-order chi connectivity index (χ1) is 16.2. The molecule has 34 heavy (non-hydrogen) atoms. The molecule has 1 fully saturated rings. The van der Waals surface area contributed by atoms with Gasteiger partial charge in [0, 0.05) is 46.3 Å². The number of carbonyl (C=O) groups excluding carboxylic acids is 1. The van der Waals surface area contributed by atoms with Crippen LogP contribution in [0.2, 0.25) is 0 Å². The maximum absolute atomic E-state index is 12.9. The molecule has 9 nitrogen and oxygen atoms in total. The number of rotatable bonds is 7. The van der Waals surface area contributed by atoms with Crippen LogP contribution in [0.3, 0.4) is 0 Å². The number of benzene rings is 2. The second-order valence-corrected chi connectivity index (χ2v) is 10.1. The summed E-state index contributed by atoms with van der Waals surface area (Å²) in [7, 11) is -1.53. The number of sulfonamides is 1. The summed E-state index contributed by atoms with van der Waals surface area (Å²) in [6.07, 6.45) is 2.53. The molecule has 1 aliphatic heterocycles. The topological polar surface area (TPSA) is 110 Å². The largest absolute Gasteiger partial charge is 0.338 e. The minimum atomic E-state index is -4.16. The van der Waals surface area contributed by atoms with Gasteiger partial charge in [-0.1, -0.05) is 48.5 Å². The predicted octanol–water partition coefficient (Wildman–Crippen LogP) is 1.35. The van der Waals surface area contributed by atoms with Crippen LogP contribution in [0, 0.1) is 0 Å². The summed E-state index contributed by atoms with van der Waals surface area (Å²) in [5.41, 5.74) is 2.03. The summed E-state index contributed by atoms with van der Waals surface area (Å²) in [6.45, 7) is 1.33. The first-order valence-corrected chi connectivity index (χ1v) is 12.4. The van der Waals surface area contributed by atoms with Crippen molar-refractivity contribution < 1.29 is 13.2 Å². The lowest BCUT2D eigenvalue weighted by Gasteiger charge is -2.16. The maximum atomic E-state index is 12.9. The predicted molar refractivity (Wildman–Crippen MR) is 127 cm³/mol. The monoisotopic (exact) mass is 482 g/mol. The molecule has 0 radical (unpaired) electrons. The summed E-state index contributed by atoms with van der Waals surface area (Å²) in [5, 5.41) is 0. The minimum absolute atomic E-state index is 0.0332. The molecule has 0 saturated carbocycles. The molecular weight excluding hydrogens is 456 g/mol. The molecular formula is C24H26N4O5S. The zero-order chi connectivity index (χ0) is 24.5. The van der Waals surface area contributed by atoms with Gasteiger partial charge >= 0.3 is 5.69 Å². The molecule has 0 aliphatic carbocycles. The number of aryl methyl sites for hydroxylation is 1. The molecule has 4 rings (SSSR count). The van der Waals surface area contributed by atoms with Crippen molar-refractivity contribution in [1.29, 1.82) is 0 Å². The average Bonchev–Trinajstić information content (AvgIpc) is 3.23. The highest BCUT2D eigenvalue weighted by Crippen LogP contribution is 2.25. The van der Waals surface area contributed by atoms with E-state index in [1.165, 1.54) is 14.1 Å². The first-order valence-electron chi connectivity index (χ1n) is 10.9. The van der Waals surface area contributed by atoms with Crippen molar-refractivity contribution >= 4 is 15.9 Å². The van der Waals surface area contributed by atoms with Gasteiger partial charge in [0.1, 0.15) is 0 Å². The van der Waals surface area contributed by atoms with E-state index >= 15 is 0 Å². The van der Waals surface area contributed by atoms with Crippen molar-refractivity contribution in [3.63, 3.8) is 0 Å². The van der Waals surface area contributed by atoms with E-state index in [0.717, 1.165) is 50.6 Å². The average molecular weight is 483 g/mol. The number of nitrogens with one attached hydrogen (secondary N) is 1. The fourth-order valence-electron chi connectivity index (χ4n) is 4.05. The zero-order valence-corrected chi connectivity index (χ0v) is 19.8. The summed E-state index contributed by atoms with van der Waals surface area (Å²) in [4.78, 5) is 37.5. The summed E-state index contributed by atoms with van der Waals surface area (Å²) in [6, 6.07) is 15.2. The van der Waals surface area contributed by atoms with Crippen molar-refractivity contribution in [3.8, 4) is 11.1 Å². The molecule has 1 aromatic heterocycles. The molecule has 3 aromatic rings. The van der Waals surface area contributed by atoms with E-state index in [1.807, 2.05) is 53.4 Å². The highest BCUT2D eigenvalue weighted by Gasteiger charge is 2.22. The Morgan fingerprint density at radius 3 is 2.35 bits per heavy atom. The van der Waals surface area contributed by atoms with Gasteiger partial charge in [0.15, 0.2) is 4.90 Å². The Morgan fingerprint density at radius 2 is 1.68 bits per heavy atom. The molecule has 0 atom stereocenters. The Hall–Kier alpha value is -3.50. The molecule has 1 aliphatic rings. The second kappa shape index (κ2) is 9.40. The van der Waals surface area contributed by atoms with Crippen LogP contribution in [-0.4, -0.2) is 34.9 Å². The van der Waals surface area contributed by atoms with Gasteiger partial charge in [-0.05, 0) is 28.7 Å². The molecule has 0 bridgehead atoms. The number of aromatic nitrogens is 2. The number of likely N-dealkylation sites (tertiary alicyclic amines) is 1. The van der Waals surface area contributed by atoms with Gasteiger partial charge in [-0.2, -0.15) is 0 Å². The highest BCUT2D eigenvalue weighted by atomic mass is 32.2. The molecule has 1 saturated heterocycles. The van der Waals surface area contributed by atoms with Gasteiger partial charge in [0.05, 0.1) is 0 Å². The van der Waals surface area contributed by atoms with E-state index in [2.05, 4.69) is 4.72 Å². The SMILES string of the molecule is Cn1cc(S(=O)(=O)NCc2ccccc2-c2ccc(CN3CCCC3=O)cc2)c(=O)n(C)c1=O. The Bertz CT molecular complexity index is 1460. The van der Waals surface area contributed by atoms with Crippen LogP contribution in [0.5, 0.6) is 0 Å². The van der Waals surface area contributed by atoms with Crippen molar-refractivity contribution in [2.45, 2.75) is 30.8 Å². The van der Waals surface area contributed by atoms with E-state index in [9.17, 15) is 22.8 Å². The molecule has 1 N–H and O–H groups in total. The van der Waals surface area contributed by atoms with Crippen LogP contribution in [0.1, 0.15) is 24.0 Å². The second-order valence-electron chi connectivity index (χ2n) is 8.35. The minimum Gasteiger partial charge on any atom is -0.338 e. The number of hydrogen-bond donors (Lipinski definition) is 1. The lowest BCUT2D eigenvalue weighted by molar-refractivity contribution is -0.128. The fraction of sp³-hybridized carbons (Fsp3) is 0.292. The van der Waals surface area contributed by atoms with E-state index < -0.39 is 26.2 Å². The van der Waals surface area contributed by atoms with Crippen LogP contribution < -0.4 is 16.0 Å². The first kappa shape index (κ1) is 23.7. The number of nitrogens with zero attached hydrogens (tertiary/aromatic N) is 3. The van der Waals surface area contributed by atoms with Gasteiger partial charge in [-0.25, -0.2) is 17.9 Å². The van der Waals surface area contributed by atoms with Gasteiger partial charge in [-0.3, -0.25) is 14.2 Å². The quantitative estimate of drug-likeness (QED) is 0.547. The summed E-state index contributed by atoms with van der Waals surface area (Å²) < 4.78 is 30.0. The standard InChI is InChI=1S/C24H26N4O5S/c1-26-16-21(23(30)27(2)24(26)31)34(32,33)25-14-19-6-3-4-7-20(19)18-11-9-17(10-12-18)15-28-13-5-8-22(28)29/h3-4,6-7,9-12,16,25H,5,8,13-15H2,1-2H3. The molecule has 0 spiro atoms. The van der Waals surface area contributed by atoms with Crippen LogP contribution in [0.15, 0.2) is 69.2 Å². The molecule has 0 unspecified atom stereocenters. The molecule has 178 valence electrons. The third-order valence-corrected chi connectivity index (χ3v) is 7.37. The highest BCUT2D eigenvalue weighted by molar-refractivity contribution is 7.89. The number of carbonyl (C=O) groups is 1. The van der Waals surface area contributed by atoms with Gasteiger partial charge in [0.2, 0.25) is 15.9 Å². The Kier molecular flexibility index (Phi) is 6.54. The number of hydrogen-bond acceptors (Lipinski definition) is 5. The molecule has 1 amide bonds. The number of amides is 1. The summed E-state index contributed by atoms with van der Waals surface area (Å²) >= 11 is 0. The lowest BCUT2D eigenvalue weighted by Crippen LogP contribution is -2.41. The molecule has 10 heteroatoms. The Morgan fingerprint density at radius 1 is 0.971 bits per heavy atom. The van der Waals surface area contributed by atoms with E-state index in [1.54, 1.807) is 0 Å². The van der Waals surface area contributed by atoms with E-state index in [-0.39, 0.29) is 12.5 Å². The third-order valence-electron chi connectivity index (χ3n) is 5.98. The lowest BCUT2D eigenvalue weighted by atomic mass is 9.98. The van der Waals surface area contributed by atoms with Crippen LogP contribution in [0.4, 0.5) is 0 Å². The molecule has 2 heterocycles. The van der Waals surface area contributed by atoms with Gasteiger partial charge < -0.3 is 9.47 Å². The Balaban J connectivity index is 1.55. The third kappa shape index (κ3) is 4.73. The Labute approximate surface area is 197 Å².